The molecule has 0 N–H and O–H groups in total. The van der Waals surface area contributed by atoms with Crippen LogP contribution in [0.5, 0.6) is 11.5 Å². The number of rotatable bonds is 8. The molecule has 4 rings (SSSR count). The molecule has 0 saturated heterocycles. The molecule has 0 aromatic heterocycles. The monoisotopic (exact) mass is 573 g/mol. The Morgan fingerprint density at radius 1 is 0.946 bits per heavy atom. The molecule has 0 spiro atoms. The van der Waals surface area contributed by atoms with E-state index in [1.165, 1.54) is 0 Å². The van der Waals surface area contributed by atoms with Crippen LogP contribution in [-0.4, -0.2) is 50.4 Å². The van der Waals surface area contributed by atoms with Crippen LogP contribution in [0.3, 0.4) is 0 Å². The maximum absolute atomic E-state index is 13.9. The molecule has 0 unspecified atom stereocenters. The predicted molar refractivity (Wildman–Crippen MR) is 148 cm³/mol. The maximum atomic E-state index is 13.9. The van der Waals surface area contributed by atoms with Gasteiger partial charge >= 0.3 is 0 Å². The van der Waals surface area contributed by atoms with Crippen LogP contribution >= 0.6 is 15.9 Å². The van der Waals surface area contributed by atoms with Crippen molar-refractivity contribution in [2.75, 3.05) is 34.0 Å². The lowest BCUT2D eigenvalue weighted by Gasteiger charge is -2.49. The third-order valence-corrected chi connectivity index (χ3v) is 8.21. The molecule has 0 saturated carbocycles. The number of hydrogen-bond acceptors (Lipinski definition) is 6. The zero-order valence-corrected chi connectivity index (χ0v) is 24.8. The van der Waals surface area contributed by atoms with Gasteiger partial charge in [0.2, 0.25) is 0 Å². The van der Waals surface area contributed by atoms with Crippen molar-refractivity contribution in [1.29, 1.82) is 0 Å². The van der Waals surface area contributed by atoms with Crippen LogP contribution in [-0.2, 0) is 14.3 Å². The van der Waals surface area contributed by atoms with E-state index in [1.54, 1.807) is 14.2 Å². The Kier molecular flexibility index (Phi) is 7.97. The van der Waals surface area contributed by atoms with Gasteiger partial charge in [-0.1, -0.05) is 27.7 Å². The summed E-state index contributed by atoms with van der Waals surface area (Å²) in [6, 6.07) is 3.93. The number of ketones is 2. The quantitative estimate of drug-likeness (QED) is 0.327. The maximum Gasteiger partial charge on any atom is 0.175 e. The molecular formula is C30H40BrNO5. The Morgan fingerprint density at radius 2 is 1.51 bits per heavy atom. The molecule has 6 nitrogen and oxygen atoms in total. The molecule has 1 aromatic rings. The molecule has 37 heavy (non-hydrogen) atoms. The number of carbonyl (C=O) groups excluding carboxylic acids is 2. The van der Waals surface area contributed by atoms with Crippen molar-refractivity contribution in [2.24, 2.45) is 10.8 Å². The zero-order valence-electron chi connectivity index (χ0n) is 23.3. The number of ether oxygens (including phenoxy) is 3. The highest BCUT2D eigenvalue weighted by Crippen LogP contribution is 2.55. The topological polar surface area (TPSA) is 65.1 Å². The molecule has 7 heteroatoms. The van der Waals surface area contributed by atoms with Crippen LogP contribution < -0.4 is 9.47 Å². The van der Waals surface area contributed by atoms with Gasteiger partial charge in [-0.25, -0.2) is 0 Å². The van der Waals surface area contributed by atoms with Crippen molar-refractivity contribution >= 4 is 27.5 Å². The number of allylic oxidation sites excluding steroid dienone is 4. The van der Waals surface area contributed by atoms with Crippen molar-refractivity contribution in [3.63, 3.8) is 0 Å². The molecule has 0 amide bonds. The third kappa shape index (κ3) is 5.40. The average molecular weight is 575 g/mol. The molecule has 1 aliphatic heterocycles. The Hall–Kier alpha value is -2.12. The van der Waals surface area contributed by atoms with Gasteiger partial charge in [0.1, 0.15) is 0 Å². The zero-order chi connectivity index (χ0) is 27.1. The van der Waals surface area contributed by atoms with E-state index in [0.717, 1.165) is 58.4 Å². The fraction of sp³-hybridized carbons (Fsp3) is 0.600. The van der Waals surface area contributed by atoms with Gasteiger partial charge in [0, 0.05) is 61.6 Å². The SMILES string of the molecule is CCOc1c(Br)cc(C2C3=C(CC(C)(C)CC3=O)N(CCCOC)C3=C2C(=O)CC(C)(C)C3)cc1OC. The molecule has 2 aliphatic carbocycles. The van der Waals surface area contributed by atoms with Crippen LogP contribution in [0.4, 0.5) is 0 Å². The second-order valence-electron chi connectivity index (χ2n) is 12.0. The summed E-state index contributed by atoms with van der Waals surface area (Å²) in [5.41, 5.74) is 4.24. The molecular weight excluding hydrogens is 534 g/mol. The summed E-state index contributed by atoms with van der Waals surface area (Å²) < 4.78 is 17.7. The van der Waals surface area contributed by atoms with Gasteiger partial charge in [0.05, 0.1) is 18.2 Å². The minimum atomic E-state index is -0.420. The van der Waals surface area contributed by atoms with Crippen LogP contribution in [0.25, 0.3) is 0 Å². The largest absolute Gasteiger partial charge is 0.493 e. The minimum Gasteiger partial charge on any atom is -0.493 e. The second-order valence-corrected chi connectivity index (χ2v) is 12.9. The van der Waals surface area contributed by atoms with E-state index in [-0.39, 0.29) is 22.4 Å². The summed E-state index contributed by atoms with van der Waals surface area (Å²) in [6.07, 6.45) is 3.33. The normalized spacial score (nSPS) is 21.2. The highest BCUT2D eigenvalue weighted by atomic mass is 79.9. The molecule has 202 valence electrons. The number of benzene rings is 1. The van der Waals surface area contributed by atoms with Crippen molar-refractivity contribution in [3.8, 4) is 11.5 Å². The standard InChI is InChI=1S/C30H40BrNO5/c1-8-37-28-19(31)12-18(13-24(28)36-7)25-26-20(14-29(2,3)16-22(26)33)32(10-9-11-35-6)21-15-30(4,5)17-23(34)27(21)25/h12-13,25H,8-11,14-17H2,1-7H3. The Bertz CT molecular complexity index is 1110. The van der Waals surface area contributed by atoms with Crippen LogP contribution in [0.15, 0.2) is 39.1 Å². The van der Waals surface area contributed by atoms with Gasteiger partial charge in [-0.2, -0.15) is 0 Å². The summed E-state index contributed by atoms with van der Waals surface area (Å²) in [6.45, 7) is 12.4. The van der Waals surface area contributed by atoms with E-state index < -0.39 is 5.92 Å². The smallest absolute Gasteiger partial charge is 0.175 e. The first-order valence-corrected chi connectivity index (χ1v) is 14.0. The molecule has 0 atom stereocenters. The number of hydrogen-bond donors (Lipinski definition) is 0. The molecule has 0 radical (unpaired) electrons. The fourth-order valence-corrected chi connectivity index (χ4v) is 6.78. The number of Topliss-reactive ketones (excluding diaryl/α,β-unsaturated/α-hetero) is 2. The summed E-state index contributed by atoms with van der Waals surface area (Å²) in [5.74, 6) is 1.05. The molecule has 3 aliphatic rings. The third-order valence-electron chi connectivity index (χ3n) is 7.63. The van der Waals surface area contributed by atoms with E-state index in [1.807, 2.05) is 19.1 Å². The van der Waals surface area contributed by atoms with Crippen molar-refractivity contribution < 1.29 is 23.8 Å². The van der Waals surface area contributed by atoms with Gasteiger partial charge in [0.25, 0.3) is 0 Å². The first-order valence-electron chi connectivity index (χ1n) is 13.2. The van der Waals surface area contributed by atoms with Crippen molar-refractivity contribution in [2.45, 2.75) is 72.6 Å². The summed E-state index contributed by atoms with van der Waals surface area (Å²) in [5, 5.41) is 0. The van der Waals surface area contributed by atoms with Gasteiger partial charge < -0.3 is 19.1 Å². The lowest BCUT2D eigenvalue weighted by Crippen LogP contribution is -2.44. The summed E-state index contributed by atoms with van der Waals surface area (Å²) in [7, 11) is 3.32. The Balaban J connectivity index is 1.98. The van der Waals surface area contributed by atoms with Crippen LogP contribution in [0.1, 0.15) is 78.2 Å². The van der Waals surface area contributed by atoms with Gasteiger partial charge in [0.15, 0.2) is 23.1 Å². The molecule has 0 fully saturated rings. The predicted octanol–water partition coefficient (Wildman–Crippen LogP) is 6.58. The number of halogens is 1. The van der Waals surface area contributed by atoms with Crippen LogP contribution in [0, 0.1) is 10.8 Å². The number of carbonyl (C=O) groups is 2. The van der Waals surface area contributed by atoms with Crippen molar-refractivity contribution in [1.82, 2.24) is 4.90 Å². The van der Waals surface area contributed by atoms with E-state index in [2.05, 4.69) is 48.5 Å². The lowest BCUT2D eigenvalue weighted by molar-refractivity contribution is -0.119. The summed E-state index contributed by atoms with van der Waals surface area (Å²) in [4.78, 5) is 30.1. The van der Waals surface area contributed by atoms with E-state index in [9.17, 15) is 9.59 Å². The first-order chi connectivity index (χ1) is 17.4. The minimum absolute atomic E-state index is 0.126. The van der Waals surface area contributed by atoms with Crippen molar-refractivity contribution in [3.05, 3.63) is 44.7 Å². The van der Waals surface area contributed by atoms with Gasteiger partial charge in [-0.15, -0.1) is 0 Å². The Morgan fingerprint density at radius 3 is 2.00 bits per heavy atom. The second kappa shape index (κ2) is 10.6. The van der Waals surface area contributed by atoms with Gasteiger partial charge in [-0.3, -0.25) is 9.59 Å². The number of nitrogens with zero attached hydrogens (tertiary/aromatic N) is 1. The Labute approximate surface area is 229 Å². The highest BCUT2D eigenvalue weighted by molar-refractivity contribution is 9.10. The van der Waals surface area contributed by atoms with E-state index in [0.29, 0.717) is 37.6 Å². The first kappa shape index (κ1) is 27.9. The lowest BCUT2D eigenvalue weighted by atomic mass is 9.63. The van der Waals surface area contributed by atoms with Crippen LogP contribution in [0.2, 0.25) is 0 Å². The fourth-order valence-electron chi connectivity index (χ4n) is 6.21. The van der Waals surface area contributed by atoms with E-state index in [4.69, 9.17) is 14.2 Å². The molecule has 1 aromatic carbocycles. The molecule has 1 heterocycles. The highest BCUT2D eigenvalue weighted by Gasteiger charge is 2.49. The summed E-state index contributed by atoms with van der Waals surface area (Å²) >= 11 is 3.67. The van der Waals surface area contributed by atoms with E-state index >= 15 is 0 Å². The molecule has 0 bridgehead atoms. The van der Waals surface area contributed by atoms with Gasteiger partial charge in [-0.05, 0) is 70.6 Å². The number of methoxy groups -OCH3 is 2. The average Bonchev–Trinajstić information content (AvgIpc) is 2.79.